The van der Waals surface area contributed by atoms with Crippen LogP contribution in [0.25, 0.3) is 114 Å². The van der Waals surface area contributed by atoms with Crippen molar-refractivity contribution in [2.45, 2.75) is 6.92 Å². The Bertz CT molecular complexity index is 3860. The number of fused-ring (bicyclic) bond motifs is 9. The Kier molecular flexibility index (Phi) is 9.02. The molecule has 0 spiro atoms. The van der Waals surface area contributed by atoms with Crippen molar-refractivity contribution in [3.05, 3.63) is 225 Å². The van der Waals surface area contributed by atoms with Crippen LogP contribution in [0.1, 0.15) is 12.5 Å². The van der Waals surface area contributed by atoms with Crippen molar-refractivity contribution in [1.82, 2.24) is 19.1 Å². The van der Waals surface area contributed by atoms with Crippen molar-refractivity contribution in [3.8, 4) is 45.0 Å². The minimum atomic E-state index is 0.673. The van der Waals surface area contributed by atoms with Crippen LogP contribution in [0, 0.1) is 0 Å². The lowest BCUT2D eigenvalue weighted by atomic mass is 9.98. The Labute approximate surface area is 374 Å². The van der Waals surface area contributed by atoms with Gasteiger partial charge in [0.1, 0.15) is 0 Å². The number of thiophene rings is 1. The molecule has 8 aromatic carbocycles. The normalized spacial score (nSPS) is 12.1. The largest absolute Gasteiger partial charge is 0.309 e. The molecule has 0 saturated carbocycles. The molecule has 0 aliphatic rings. The fourth-order valence-electron chi connectivity index (χ4n) is 9.44. The van der Waals surface area contributed by atoms with Crippen LogP contribution in [0.4, 0.5) is 0 Å². The molecule has 4 heterocycles. The highest BCUT2D eigenvalue weighted by Crippen LogP contribution is 2.42. The summed E-state index contributed by atoms with van der Waals surface area (Å²) in [6.07, 6.45) is 11.8. The number of para-hydroxylation sites is 2. The summed E-state index contributed by atoms with van der Waals surface area (Å²) in [5.74, 6) is 0.673. The van der Waals surface area contributed by atoms with Gasteiger partial charge in [-0.25, -0.2) is 9.97 Å². The third-order valence-electron chi connectivity index (χ3n) is 12.5. The van der Waals surface area contributed by atoms with Gasteiger partial charge < -0.3 is 4.57 Å². The van der Waals surface area contributed by atoms with Gasteiger partial charge in [-0.3, -0.25) is 4.57 Å². The topological polar surface area (TPSA) is 35.6 Å². The molecule has 5 heteroatoms. The van der Waals surface area contributed by atoms with E-state index in [-0.39, 0.29) is 0 Å². The molecule has 302 valence electrons. The van der Waals surface area contributed by atoms with Gasteiger partial charge in [-0.2, -0.15) is 0 Å². The minimum Gasteiger partial charge on any atom is -0.309 e. The van der Waals surface area contributed by atoms with Crippen molar-refractivity contribution in [2.24, 2.45) is 0 Å². The zero-order valence-electron chi connectivity index (χ0n) is 35.1. The SMILES string of the molecule is C=C(/C=C\C=C/C)c1cc(-c2ccccc2)cc(-n2c3ccccc3c3cc(-c4ccc5sc6ccc(-c7ccc8c(c7)c7ccccc7n8-c7ncccn7)cc6c5c4)ccc32)c1. The van der Waals surface area contributed by atoms with Crippen LogP contribution in [0.2, 0.25) is 0 Å². The quantitative estimate of drug-likeness (QED) is 0.143. The Morgan fingerprint density at radius 2 is 0.984 bits per heavy atom. The summed E-state index contributed by atoms with van der Waals surface area (Å²) >= 11 is 1.85. The first-order valence-corrected chi connectivity index (χ1v) is 22.4. The molecule has 4 nitrogen and oxygen atoms in total. The standard InChI is InChI=1S/C59H40N4S/c1-3-4-6-14-38(2)44-31-45(39-15-7-5-8-16-39)33-46(32-44)62-53-19-11-9-17-47(53)49-34-40(21-25-55(49)62)42-23-27-57-51(36-42)52-37-43(24-28-58(52)64-57)41-22-26-56-50(35-41)48-18-10-12-20-54(48)63(56)59-60-29-13-30-61-59/h3-37H,2H2,1H3/b4-3-,14-6-. The van der Waals surface area contributed by atoms with Gasteiger partial charge in [0.05, 0.1) is 22.1 Å². The highest BCUT2D eigenvalue weighted by Gasteiger charge is 2.18. The van der Waals surface area contributed by atoms with Crippen LogP contribution in [0.3, 0.4) is 0 Å². The van der Waals surface area contributed by atoms with E-state index in [0.29, 0.717) is 5.95 Å². The molecule has 0 atom stereocenters. The monoisotopic (exact) mass is 836 g/mol. The second-order valence-electron chi connectivity index (χ2n) is 16.3. The molecule has 0 aliphatic heterocycles. The molecule has 0 fully saturated rings. The number of hydrogen-bond acceptors (Lipinski definition) is 3. The van der Waals surface area contributed by atoms with Crippen molar-refractivity contribution in [2.75, 3.05) is 0 Å². The van der Waals surface area contributed by atoms with Gasteiger partial charge in [-0.1, -0.05) is 122 Å². The smallest absolute Gasteiger partial charge is 0.234 e. The van der Waals surface area contributed by atoms with Crippen LogP contribution in [0.15, 0.2) is 219 Å². The molecule has 12 aromatic rings. The summed E-state index contributed by atoms with van der Waals surface area (Å²) in [6, 6.07) is 64.2. The molecule has 64 heavy (non-hydrogen) atoms. The molecule has 0 aliphatic carbocycles. The maximum atomic E-state index is 4.61. The number of nitrogens with zero attached hydrogens (tertiary/aromatic N) is 4. The average Bonchev–Trinajstić information content (AvgIpc) is 4.01. The summed E-state index contributed by atoms with van der Waals surface area (Å²) in [6.45, 7) is 6.50. The molecule has 0 saturated heterocycles. The Hall–Kier alpha value is -8.12. The predicted octanol–water partition coefficient (Wildman–Crippen LogP) is 16.2. The first-order chi connectivity index (χ1) is 31.6. The van der Waals surface area contributed by atoms with Gasteiger partial charge >= 0.3 is 0 Å². The summed E-state index contributed by atoms with van der Waals surface area (Å²) in [4.78, 5) is 9.21. The predicted molar refractivity (Wildman–Crippen MR) is 273 cm³/mol. The Morgan fingerprint density at radius 3 is 1.61 bits per heavy atom. The number of rotatable bonds is 8. The van der Waals surface area contributed by atoms with Gasteiger partial charge in [-0.15, -0.1) is 11.3 Å². The third-order valence-corrected chi connectivity index (χ3v) is 13.6. The van der Waals surface area contributed by atoms with Gasteiger partial charge in [0.25, 0.3) is 0 Å². The second-order valence-corrected chi connectivity index (χ2v) is 17.4. The molecule has 0 unspecified atom stereocenters. The van der Waals surface area contributed by atoms with Crippen molar-refractivity contribution in [1.29, 1.82) is 0 Å². The summed E-state index contributed by atoms with van der Waals surface area (Å²) in [5, 5.41) is 7.36. The van der Waals surface area contributed by atoms with E-state index >= 15 is 0 Å². The van der Waals surface area contributed by atoms with E-state index in [4.69, 9.17) is 0 Å². The fraction of sp³-hybridized carbons (Fsp3) is 0.0169. The summed E-state index contributed by atoms with van der Waals surface area (Å²) in [7, 11) is 0. The molecular formula is C59H40N4S. The molecule has 12 rings (SSSR count). The second kappa shape index (κ2) is 15.3. The molecule has 0 amide bonds. The van der Waals surface area contributed by atoms with Crippen LogP contribution in [0.5, 0.6) is 0 Å². The summed E-state index contributed by atoms with van der Waals surface area (Å²) < 4.78 is 7.13. The fourth-order valence-corrected chi connectivity index (χ4v) is 10.5. The van der Waals surface area contributed by atoms with Crippen LogP contribution < -0.4 is 0 Å². The van der Waals surface area contributed by atoms with Gasteiger partial charge in [-0.05, 0) is 136 Å². The maximum absolute atomic E-state index is 4.61. The van der Waals surface area contributed by atoms with Crippen molar-refractivity contribution < 1.29 is 0 Å². The highest BCUT2D eigenvalue weighted by atomic mass is 32.1. The van der Waals surface area contributed by atoms with E-state index in [1.54, 1.807) is 12.4 Å². The van der Waals surface area contributed by atoms with Crippen LogP contribution >= 0.6 is 11.3 Å². The first kappa shape index (κ1) is 37.6. The van der Waals surface area contributed by atoms with Gasteiger partial charge in [0.15, 0.2) is 0 Å². The minimum absolute atomic E-state index is 0.673. The first-order valence-electron chi connectivity index (χ1n) is 21.6. The number of benzene rings is 8. The zero-order valence-corrected chi connectivity index (χ0v) is 35.9. The average molecular weight is 837 g/mol. The maximum Gasteiger partial charge on any atom is 0.234 e. The van der Waals surface area contributed by atoms with E-state index in [0.717, 1.165) is 33.4 Å². The number of allylic oxidation sites excluding steroid dienone is 5. The van der Waals surface area contributed by atoms with Crippen LogP contribution in [-0.4, -0.2) is 19.1 Å². The van der Waals surface area contributed by atoms with E-state index in [1.807, 2.05) is 36.5 Å². The molecular weight excluding hydrogens is 797 g/mol. The van der Waals surface area contributed by atoms with Crippen LogP contribution in [-0.2, 0) is 0 Å². The third kappa shape index (κ3) is 6.28. The lowest BCUT2D eigenvalue weighted by molar-refractivity contribution is 0.988. The molecule has 4 aromatic heterocycles. The number of aromatic nitrogens is 4. The van der Waals surface area contributed by atoms with Gasteiger partial charge in [0, 0.05) is 59.8 Å². The lowest BCUT2D eigenvalue weighted by Gasteiger charge is -2.14. The van der Waals surface area contributed by atoms with E-state index in [9.17, 15) is 0 Å². The Morgan fingerprint density at radius 1 is 0.453 bits per heavy atom. The lowest BCUT2D eigenvalue weighted by Crippen LogP contribution is -1.99. The van der Waals surface area contributed by atoms with Crippen molar-refractivity contribution >= 4 is 80.7 Å². The van der Waals surface area contributed by atoms with Crippen molar-refractivity contribution in [3.63, 3.8) is 0 Å². The molecule has 0 radical (unpaired) electrons. The van der Waals surface area contributed by atoms with E-state index < -0.39 is 0 Å². The van der Waals surface area contributed by atoms with E-state index in [1.165, 1.54) is 80.6 Å². The molecule has 0 N–H and O–H groups in total. The van der Waals surface area contributed by atoms with E-state index in [2.05, 4.69) is 208 Å². The number of hydrogen-bond donors (Lipinski definition) is 0. The van der Waals surface area contributed by atoms with Gasteiger partial charge in [0.2, 0.25) is 5.95 Å². The summed E-state index contributed by atoms with van der Waals surface area (Å²) in [5.41, 5.74) is 14.8. The highest BCUT2D eigenvalue weighted by molar-refractivity contribution is 7.25. The Balaban J connectivity index is 0.965. The molecule has 0 bridgehead atoms. The zero-order chi connectivity index (χ0) is 42.7.